The van der Waals surface area contributed by atoms with Crippen LogP contribution in [0.15, 0.2) is 0 Å². The van der Waals surface area contributed by atoms with E-state index in [0.717, 1.165) is 38.5 Å². The fourth-order valence-electron chi connectivity index (χ4n) is 11.7. The molecule has 0 fully saturated rings. The van der Waals surface area contributed by atoms with Crippen molar-refractivity contribution in [1.82, 2.24) is 5.32 Å². The monoisotopic (exact) mass is 1150 g/mol. The maximum absolute atomic E-state index is 13.1. The molecule has 3 atom stereocenters. The average Bonchev–Trinajstić information content (AvgIpc) is 3.42. The Hall–Kier alpha value is -0.500. The Labute approximate surface area is 501 Å². The minimum absolute atomic E-state index is 0.0170. The van der Waals surface area contributed by atoms with Gasteiger partial charge >= 0.3 is 0 Å². The first-order chi connectivity index (χ1) is 39.0. The predicted octanol–water partition coefficient (Wildman–Crippen LogP) is 22.5. The number of nitrogens with zero attached hydrogens (tertiary/aromatic N) is 1. The summed E-state index contributed by atoms with van der Waals surface area (Å²) in [6.45, 7) is 4.81. The van der Waals surface area contributed by atoms with E-state index in [9.17, 15) is 19.4 Å². The van der Waals surface area contributed by atoms with Gasteiger partial charge in [-0.2, -0.15) is 0 Å². The Balaban J connectivity index is 3.96. The third-order valence-corrected chi connectivity index (χ3v) is 18.3. The topological polar surface area (TPSA) is 108 Å². The molecule has 1 amide bonds. The van der Waals surface area contributed by atoms with Gasteiger partial charge in [0.2, 0.25) is 5.91 Å². The van der Waals surface area contributed by atoms with Gasteiger partial charge in [-0.15, -0.1) is 0 Å². The van der Waals surface area contributed by atoms with Gasteiger partial charge in [-0.1, -0.05) is 380 Å². The number of unbranched alkanes of at least 4 members (excludes halogenated alkanes) is 56. The van der Waals surface area contributed by atoms with Gasteiger partial charge in [0, 0.05) is 6.42 Å². The van der Waals surface area contributed by atoms with Crippen LogP contribution >= 0.6 is 7.82 Å². The van der Waals surface area contributed by atoms with Gasteiger partial charge in [-0.05, 0) is 12.8 Å². The summed E-state index contributed by atoms with van der Waals surface area (Å²) in [7, 11) is 1.33. The molecule has 0 aliphatic rings. The Morgan fingerprint density at radius 3 is 0.850 bits per heavy atom. The van der Waals surface area contributed by atoms with Crippen molar-refractivity contribution in [2.24, 2.45) is 0 Å². The molecule has 3 unspecified atom stereocenters. The van der Waals surface area contributed by atoms with E-state index in [1.165, 1.54) is 334 Å². The van der Waals surface area contributed by atoms with Gasteiger partial charge in [-0.3, -0.25) is 9.36 Å². The Bertz CT molecular complexity index is 1260. The molecule has 0 heterocycles. The average molecular weight is 1150 g/mol. The molecule has 0 saturated heterocycles. The molecule has 0 saturated carbocycles. The zero-order valence-corrected chi connectivity index (χ0v) is 56.0. The van der Waals surface area contributed by atoms with Gasteiger partial charge in [0.1, 0.15) is 13.2 Å². The molecular weight excluding hydrogens is 1010 g/mol. The van der Waals surface area contributed by atoms with Crippen molar-refractivity contribution in [1.29, 1.82) is 0 Å². The number of hydrogen-bond donors (Lipinski definition) is 2. The number of phosphoric acid groups is 1. The summed E-state index contributed by atoms with van der Waals surface area (Å²) >= 11 is 0. The number of aliphatic hydroxyl groups is 1. The lowest BCUT2D eigenvalue weighted by Gasteiger charge is -2.30. The molecule has 0 spiro atoms. The number of quaternary nitrogens is 1. The summed E-state index contributed by atoms with van der Waals surface area (Å²) in [5.41, 5.74) is 0. The second-order valence-corrected chi connectivity index (χ2v) is 28.1. The van der Waals surface area contributed by atoms with Crippen LogP contribution < -0.4 is 10.2 Å². The summed E-state index contributed by atoms with van der Waals surface area (Å²) in [6, 6.07) is -0.797. The van der Waals surface area contributed by atoms with Crippen LogP contribution in [0.4, 0.5) is 0 Å². The molecule has 0 aromatic carbocycles. The van der Waals surface area contributed by atoms with E-state index in [1.54, 1.807) is 0 Å². The second kappa shape index (κ2) is 63.0. The Morgan fingerprint density at radius 2 is 0.613 bits per heavy atom. The highest BCUT2D eigenvalue weighted by Gasteiger charge is 2.24. The SMILES string of the molecule is CCCCCCCCCCCCCCCCCCCCCCCCCCCCCCCC(=O)NC(COP(=O)([O-])OCC[N+](C)(C)C)C(O)CCCCCCCCCCCCCCCCCCCCCCCCCCCCCCC. The Kier molecular flexibility index (Phi) is 62.6. The zero-order chi connectivity index (χ0) is 58.4. The lowest BCUT2D eigenvalue weighted by atomic mass is 10.0. The minimum Gasteiger partial charge on any atom is -0.756 e. The zero-order valence-electron chi connectivity index (χ0n) is 55.1. The van der Waals surface area contributed by atoms with Gasteiger partial charge < -0.3 is 28.8 Å². The number of phosphoric ester groups is 1. The number of nitrogens with one attached hydrogen (secondary N) is 1. The maximum atomic E-state index is 13.1. The number of hydrogen-bond acceptors (Lipinski definition) is 6. The van der Waals surface area contributed by atoms with E-state index in [-0.39, 0.29) is 19.1 Å². The standard InChI is InChI=1S/C71H145N2O6P/c1-6-8-10-12-14-16-18-20-22-24-26-28-30-32-34-36-38-40-42-44-46-48-50-52-54-56-58-60-62-64-70(74)69(68-79-80(76,77)78-67-66-73(3,4)5)72-71(75)65-63-61-59-57-55-53-51-49-47-45-43-41-39-37-35-33-31-29-27-25-23-21-19-17-15-13-11-9-7-2/h69-70,74H,6-68H2,1-5H3,(H-,72,75,76,77). The molecule has 0 bridgehead atoms. The van der Waals surface area contributed by atoms with Crippen LogP contribution in [0.2, 0.25) is 0 Å². The lowest BCUT2D eigenvalue weighted by Crippen LogP contribution is -2.46. The molecule has 2 N–H and O–H groups in total. The number of amides is 1. The molecular formula is C71H145N2O6P. The van der Waals surface area contributed by atoms with Gasteiger partial charge in [-0.25, -0.2) is 0 Å². The molecule has 0 aliphatic heterocycles. The van der Waals surface area contributed by atoms with E-state index in [2.05, 4.69) is 19.2 Å². The first kappa shape index (κ1) is 79.5. The second-order valence-electron chi connectivity index (χ2n) is 26.7. The van der Waals surface area contributed by atoms with E-state index < -0.39 is 20.0 Å². The summed E-state index contributed by atoms with van der Waals surface area (Å²) in [5.74, 6) is -0.153. The van der Waals surface area contributed by atoms with E-state index in [1.807, 2.05) is 21.1 Å². The van der Waals surface area contributed by atoms with E-state index in [0.29, 0.717) is 23.9 Å². The van der Waals surface area contributed by atoms with Crippen molar-refractivity contribution in [2.75, 3.05) is 40.9 Å². The summed E-state index contributed by atoms with van der Waals surface area (Å²) in [6.07, 6.45) is 79.1. The van der Waals surface area contributed by atoms with Crippen LogP contribution in [0.1, 0.15) is 399 Å². The highest BCUT2D eigenvalue weighted by Crippen LogP contribution is 2.38. The van der Waals surface area contributed by atoms with Crippen molar-refractivity contribution in [3.63, 3.8) is 0 Å². The highest BCUT2D eigenvalue weighted by atomic mass is 31.2. The molecule has 80 heavy (non-hydrogen) atoms. The number of carbonyl (C=O) groups excluding carboxylic acids is 1. The number of carbonyl (C=O) groups is 1. The van der Waals surface area contributed by atoms with Crippen molar-refractivity contribution in [2.45, 2.75) is 411 Å². The molecule has 0 radical (unpaired) electrons. The first-order valence-corrected chi connectivity index (χ1v) is 37.8. The smallest absolute Gasteiger partial charge is 0.268 e. The first-order valence-electron chi connectivity index (χ1n) is 36.4. The molecule has 9 heteroatoms. The largest absolute Gasteiger partial charge is 0.756 e. The number of aliphatic hydroxyl groups excluding tert-OH is 1. The molecule has 480 valence electrons. The maximum Gasteiger partial charge on any atom is 0.268 e. The lowest BCUT2D eigenvalue weighted by molar-refractivity contribution is -0.870. The van der Waals surface area contributed by atoms with Crippen molar-refractivity contribution in [3.8, 4) is 0 Å². The minimum atomic E-state index is -4.58. The third-order valence-electron chi connectivity index (χ3n) is 17.3. The summed E-state index contributed by atoms with van der Waals surface area (Å²) in [5, 5.41) is 14.1. The van der Waals surface area contributed by atoms with Crippen LogP contribution in [0.25, 0.3) is 0 Å². The number of likely N-dealkylation sites (N-methyl/N-ethyl adjacent to an activating group) is 1. The van der Waals surface area contributed by atoms with Crippen molar-refractivity contribution < 1.29 is 32.9 Å². The van der Waals surface area contributed by atoms with E-state index in [4.69, 9.17) is 9.05 Å². The van der Waals surface area contributed by atoms with Gasteiger partial charge in [0.25, 0.3) is 7.82 Å². The third kappa shape index (κ3) is 65.1. The molecule has 0 rings (SSSR count). The fraction of sp³-hybridized carbons (Fsp3) is 0.986. The fourth-order valence-corrected chi connectivity index (χ4v) is 12.4. The number of rotatable bonds is 69. The van der Waals surface area contributed by atoms with Crippen molar-refractivity contribution >= 4 is 13.7 Å². The van der Waals surface area contributed by atoms with E-state index >= 15 is 0 Å². The van der Waals surface area contributed by atoms with Crippen LogP contribution in [0.5, 0.6) is 0 Å². The Morgan fingerprint density at radius 1 is 0.388 bits per heavy atom. The summed E-state index contributed by atoms with van der Waals surface area (Å²) < 4.78 is 23.6. The molecule has 0 aromatic heterocycles. The summed E-state index contributed by atoms with van der Waals surface area (Å²) in [4.78, 5) is 25.7. The predicted molar refractivity (Wildman–Crippen MR) is 349 cm³/mol. The molecule has 0 aromatic rings. The van der Waals surface area contributed by atoms with Crippen LogP contribution in [0.3, 0.4) is 0 Å². The normalized spacial score (nSPS) is 13.5. The van der Waals surface area contributed by atoms with Gasteiger partial charge in [0.15, 0.2) is 0 Å². The van der Waals surface area contributed by atoms with Crippen molar-refractivity contribution in [3.05, 3.63) is 0 Å². The molecule has 0 aliphatic carbocycles. The highest BCUT2D eigenvalue weighted by molar-refractivity contribution is 7.45. The van der Waals surface area contributed by atoms with Crippen LogP contribution in [-0.4, -0.2) is 68.5 Å². The molecule has 8 nitrogen and oxygen atoms in total. The van der Waals surface area contributed by atoms with Crippen LogP contribution in [0, 0.1) is 0 Å². The quantitative estimate of drug-likeness (QED) is 0.0357. The van der Waals surface area contributed by atoms with Crippen LogP contribution in [-0.2, 0) is 18.4 Å². The van der Waals surface area contributed by atoms with Gasteiger partial charge in [0.05, 0.1) is 39.9 Å².